The van der Waals surface area contributed by atoms with E-state index in [9.17, 15) is 0 Å². The molecule has 3 aromatic rings. The van der Waals surface area contributed by atoms with Gasteiger partial charge in [-0.1, -0.05) is 41.9 Å². The number of hydrogen-bond acceptors (Lipinski definition) is 3. The molecule has 0 spiro atoms. The minimum Gasteiger partial charge on any atom is -0.275 e. The fourth-order valence-corrected chi connectivity index (χ4v) is 2.18. The van der Waals surface area contributed by atoms with Gasteiger partial charge < -0.3 is 0 Å². The van der Waals surface area contributed by atoms with Gasteiger partial charge in [0.05, 0.1) is 5.69 Å². The van der Waals surface area contributed by atoms with Crippen LogP contribution in [-0.4, -0.2) is 19.7 Å². The highest BCUT2D eigenvalue weighted by molar-refractivity contribution is 6.30. The van der Waals surface area contributed by atoms with E-state index >= 15 is 0 Å². The molecular formula is C15H13ClN4. The Hall–Kier alpha value is -2.20. The summed E-state index contributed by atoms with van der Waals surface area (Å²) in [6.07, 6.45) is 1.86. The standard InChI is InChI=1S/C15H13ClN4/c1-10-13(11-6-4-3-5-7-11)17-15(18-14(10)16)12-8-9-20(2)19-12/h3-9H,1-2H3. The zero-order valence-electron chi connectivity index (χ0n) is 11.2. The summed E-state index contributed by atoms with van der Waals surface area (Å²) >= 11 is 6.24. The molecule has 1 aromatic carbocycles. The van der Waals surface area contributed by atoms with E-state index in [1.807, 2.05) is 56.6 Å². The lowest BCUT2D eigenvalue weighted by atomic mass is 10.1. The van der Waals surface area contributed by atoms with Crippen LogP contribution in [0.5, 0.6) is 0 Å². The monoisotopic (exact) mass is 284 g/mol. The predicted molar refractivity (Wildman–Crippen MR) is 79.4 cm³/mol. The summed E-state index contributed by atoms with van der Waals surface area (Å²) in [6.45, 7) is 1.92. The third kappa shape index (κ3) is 2.30. The number of aromatic nitrogens is 4. The van der Waals surface area contributed by atoms with E-state index in [1.165, 1.54) is 0 Å². The van der Waals surface area contributed by atoms with Crippen LogP contribution in [0.1, 0.15) is 5.56 Å². The quantitative estimate of drug-likeness (QED) is 0.677. The molecule has 2 aromatic heterocycles. The Labute approximate surface area is 122 Å². The van der Waals surface area contributed by atoms with Crippen molar-refractivity contribution >= 4 is 11.6 Å². The van der Waals surface area contributed by atoms with Crippen molar-refractivity contribution in [3.8, 4) is 22.8 Å². The molecule has 100 valence electrons. The molecule has 0 saturated heterocycles. The number of halogens is 1. The van der Waals surface area contributed by atoms with Crippen molar-refractivity contribution in [3.05, 3.63) is 53.3 Å². The van der Waals surface area contributed by atoms with Gasteiger partial charge in [0.1, 0.15) is 10.8 Å². The van der Waals surface area contributed by atoms with Crippen LogP contribution in [0, 0.1) is 6.92 Å². The molecule has 0 amide bonds. The number of hydrogen-bond donors (Lipinski definition) is 0. The third-order valence-electron chi connectivity index (χ3n) is 3.08. The van der Waals surface area contributed by atoms with Crippen molar-refractivity contribution in [2.75, 3.05) is 0 Å². The summed E-state index contributed by atoms with van der Waals surface area (Å²) in [5, 5.41) is 4.78. The minimum atomic E-state index is 0.458. The molecular weight excluding hydrogens is 272 g/mol. The van der Waals surface area contributed by atoms with Gasteiger partial charge in [0.25, 0.3) is 0 Å². The second-order valence-electron chi connectivity index (χ2n) is 4.55. The largest absolute Gasteiger partial charge is 0.275 e. The van der Waals surface area contributed by atoms with Gasteiger partial charge in [-0.05, 0) is 13.0 Å². The molecule has 0 aliphatic heterocycles. The predicted octanol–water partition coefficient (Wildman–Crippen LogP) is 3.51. The average molecular weight is 285 g/mol. The fourth-order valence-electron chi connectivity index (χ4n) is 2.02. The SMILES string of the molecule is Cc1c(Cl)nc(-c2ccn(C)n2)nc1-c1ccccc1. The Kier molecular flexibility index (Phi) is 3.24. The minimum absolute atomic E-state index is 0.458. The van der Waals surface area contributed by atoms with Crippen LogP contribution in [0.15, 0.2) is 42.6 Å². The normalized spacial score (nSPS) is 10.8. The van der Waals surface area contributed by atoms with Gasteiger partial charge in [0.2, 0.25) is 0 Å². The van der Waals surface area contributed by atoms with Crippen molar-refractivity contribution in [2.45, 2.75) is 6.92 Å². The highest BCUT2D eigenvalue weighted by atomic mass is 35.5. The zero-order chi connectivity index (χ0) is 14.1. The lowest BCUT2D eigenvalue weighted by Crippen LogP contribution is -1.98. The lowest BCUT2D eigenvalue weighted by Gasteiger charge is -2.08. The molecule has 0 saturated carbocycles. The van der Waals surface area contributed by atoms with Crippen molar-refractivity contribution in [2.24, 2.45) is 7.05 Å². The van der Waals surface area contributed by atoms with Crippen LogP contribution in [0.25, 0.3) is 22.8 Å². The van der Waals surface area contributed by atoms with Gasteiger partial charge in [-0.2, -0.15) is 5.10 Å². The maximum atomic E-state index is 6.24. The van der Waals surface area contributed by atoms with E-state index in [2.05, 4.69) is 15.1 Å². The van der Waals surface area contributed by atoms with E-state index in [0.717, 1.165) is 16.8 Å². The Bertz CT molecular complexity index is 750. The summed E-state index contributed by atoms with van der Waals surface area (Å²) in [4.78, 5) is 8.94. The van der Waals surface area contributed by atoms with Crippen LogP contribution in [0.4, 0.5) is 0 Å². The Balaban J connectivity index is 2.18. The molecule has 20 heavy (non-hydrogen) atoms. The molecule has 5 heteroatoms. The van der Waals surface area contributed by atoms with Gasteiger partial charge in [0.15, 0.2) is 5.82 Å². The smallest absolute Gasteiger partial charge is 0.182 e. The number of rotatable bonds is 2. The van der Waals surface area contributed by atoms with Gasteiger partial charge in [-0.25, -0.2) is 9.97 Å². The molecule has 2 heterocycles. The van der Waals surface area contributed by atoms with Crippen LogP contribution in [0.2, 0.25) is 5.15 Å². The van der Waals surface area contributed by atoms with Crippen LogP contribution in [0.3, 0.4) is 0 Å². The molecule has 0 aliphatic rings. The zero-order valence-corrected chi connectivity index (χ0v) is 12.0. The van der Waals surface area contributed by atoms with Gasteiger partial charge >= 0.3 is 0 Å². The number of nitrogens with zero attached hydrogens (tertiary/aromatic N) is 4. The summed E-state index contributed by atoms with van der Waals surface area (Å²) in [5.41, 5.74) is 3.45. The molecule has 3 rings (SSSR count). The Morgan fingerprint density at radius 3 is 2.45 bits per heavy atom. The average Bonchev–Trinajstić information content (AvgIpc) is 2.89. The second-order valence-corrected chi connectivity index (χ2v) is 4.91. The fraction of sp³-hybridized carbons (Fsp3) is 0.133. The molecule has 0 radical (unpaired) electrons. The first-order valence-electron chi connectivity index (χ1n) is 6.25. The van der Waals surface area contributed by atoms with E-state index in [1.54, 1.807) is 4.68 Å². The molecule has 0 fully saturated rings. The first-order chi connectivity index (χ1) is 9.65. The van der Waals surface area contributed by atoms with Crippen molar-refractivity contribution in [1.29, 1.82) is 0 Å². The van der Waals surface area contributed by atoms with Crippen LogP contribution in [-0.2, 0) is 7.05 Å². The van der Waals surface area contributed by atoms with Gasteiger partial charge in [0, 0.05) is 24.4 Å². The molecule has 0 unspecified atom stereocenters. The summed E-state index contributed by atoms with van der Waals surface area (Å²) in [6, 6.07) is 11.8. The highest BCUT2D eigenvalue weighted by Crippen LogP contribution is 2.27. The third-order valence-corrected chi connectivity index (χ3v) is 3.44. The second kappa shape index (κ2) is 5.06. The maximum Gasteiger partial charge on any atom is 0.182 e. The number of benzene rings is 1. The topological polar surface area (TPSA) is 43.6 Å². The molecule has 0 aliphatic carbocycles. The summed E-state index contributed by atoms with van der Waals surface area (Å²) in [7, 11) is 1.86. The van der Waals surface area contributed by atoms with Gasteiger partial charge in [-0.3, -0.25) is 4.68 Å². The first kappa shape index (κ1) is 12.8. The molecule has 0 bridgehead atoms. The lowest BCUT2D eigenvalue weighted by molar-refractivity contribution is 0.768. The molecule has 4 nitrogen and oxygen atoms in total. The molecule has 0 atom stereocenters. The van der Waals surface area contributed by atoms with E-state index < -0.39 is 0 Å². The van der Waals surface area contributed by atoms with Crippen LogP contribution < -0.4 is 0 Å². The highest BCUT2D eigenvalue weighted by Gasteiger charge is 2.13. The van der Waals surface area contributed by atoms with Crippen molar-refractivity contribution < 1.29 is 0 Å². The Morgan fingerprint density at radius 1 is 1.05 bits per heavy atom. The van der Waals surface area contributed by atoms with Gasteiger partial charge in [-0.15, -0.1) is 0 Å². The first-order valence-corrected chi connectivity index (χ1v) is 6.62. The number of aryl methyl sites for hydroxylation is 1. The molecule has 0 N–H and O–H groups in total. The van der Waals surface area contributed by atoms with Crippen LogP contribution >= 0.6 is 11.6 Å². The Morgan fingerprint density at radius 2 is 1.80 bits per heavy atom. The summed E-state index contributed by atoms with van der Waals surface area (Å²) < 4.78 is 1.72. The maximum absolute atomic E-state index is 6.24. The summed E-state index contributed by atoms with van der Waals surface area (Å²) in [5.74, 6) is 0.542. The van der Waals surface area contributed by atoms with Crippen molar-refractivity contribution in [3.63, 3.8) is 0 Å². The van der Waals surface area contributed by atoms with E-state index in [4.69, 9.17) is 11.6 Å². The van der Waals surface area contributed by atoms with Crippen molar-refractivity contribution in [1.82, 2.24) is 19.7 Å². The van der Waals surface area contributed by atoms with E-state index in [-0.39, 0.29) is 0 Å². The van der Waals surface area contributed by atoms with E-state index in [0.29, 0.717) is 16.7 Å².